The van der Waals surface area contributed by atoms with Crippen molar-refractivity contribution in [3.05, 3.63) is 23.7 Å². The Balaban J connectivity index is 1.96. The molecule has 1 saturated carbocycles. The molecular weight excluding hydrogens is 298 g/mol. The molecule has 2 aromatic heterocycles. The molecule has 0 radical (unpaired) electrons. The molecule has 0 saturated heterocycles. The number of aliphatic hydroxyl groups is 2. The van der Waals surface area contributed by atoms with Crippen LogP contribution in [0.4, 0.5) is 0 Å². The van der Waals surface area contributed by atoms with Crippen molar-refractivity contribution < 1.29 is 19.7 Å². The lowest BCUT2D eigenvalue weighted by molar-refractivity contribution is -0.152. The Morgan fingerprint density at radius 3 is 2.90 bits per heavy atom. The summed E-state index contributed by atoms with van der Waals surface area (Å²) in [6, 6.07) is 1.28. The number of halogens is 1. The Bertz CT molecular complexity index is 689. The molecule has 0 spiro atoms. The Labute approximate surface area is 125 Å². The van der Waals surface area contributed by atoms with Gasteiger partial charge in [0.15, 0.2) is 5.15 Å². The highest BCUT2D eigenvalue weighted by molar-refractivity contribution is 6.33. The molecule has 0 bridgehead atoms. The second-order valence-electron chi connectivity index (χ2n) is 5.05. The summed E-state index contributed by atoms with van der Waals surface area (Å²) < 4.78 is 6.76. The number of esters is 1. The van der Waals surface area contributed by atoms with Gasteiger partial charge in [-0.05, 0) is 6.07 Å². The van der Waals surface area contributed by atoms with Gasteiger partial charge in [-0.2, -0.15) is 0 Å². The lowest BCUT2D eigenvalue weighted by Crippen LogP contribution is -2.33. The minimum Gasteiger partial charge on any atom is -0.460 e. The molecule has 112 valence electrons. The zero-order chi connectivity index (χ0) is 15.1. The zero-order valence-electron chi connectivity index (χ0n) is 11.2. The summed E-state index contributed by atoms with van der Waals surface area (Å²) in [6.07, 6.45) is 0.455. The highest BCUT2D eigenvalue weighted by Gasteiger charge is 2.44. The number of carbonyl (C=O) groups is 1. The SMILES string of the molecule is CC(=O)O[C@H]1C[C@@H](n2cnc3c(Cl)nccc32)[C@H](O)[C@@H]1O. The number of rotatable bonds is 2. The molecule has 1 aliphatic rings. The second kappa shape index (κ2) is 5.25. The first kappa shape index (κ1) is 14.2. The molecule has 2 N–H and O–H groups in total. The summed E-state index contributed by atoms with van der Waals surface area (Å²) in [4.78, 5) is 19.2. The van der Waals surface area contributed by atoms with Crippen molar-refractivity contribution in [3.63, 3.8) is 0 Å². The van der Waals surface area contributed by atoms with Gasteiger partial charge in [0.1, 0.15) is 23.8 Å². The molecular formula is C13H14ClN3O4. The molecule has 0 aromatic carbocycles. The molecule has 8 heteroatoms. The molecule has 0 amide bonds. The van der Waals surface area contributed by atoms with Gasteiger partial charge in [0.05, 0.1) is 17.9 Å². The quantitative estimate of drug-likeness (QED) is 0.625. The van der Waals surface area contributed by atoms with Gasteiger partial charge in [0.2, 0.25) is 0 Å². The number of aromatic nitrogens is 3. The Kier molecular flexibility index (Phi) is 3.56. The first-order valence-corrected chi connectivity index (χ1v) is 6.87. The molecule has 0 unspecified atom stereocenters. The van der Waals surface area contributed by atoms with E-state index in [9.17, 15) is 15.0 Å². The van der Waals surface area contributed by atoms with Crippen LogP contribution in [0.5, 0.6) is 0 Å². The Morgan fingerprint density at radius 2 is 2.19 bits per heavy atom. The molecule has 2 heterocycles. The van der Waals surface area contributed by atoms with Crippen molar-refractivity contribution in [2.45, 2.75) is 37.7 Å². The van der Waals surface area contributed by atoms with E-state index in [1.807, 2.05) is 0 Å². The summed E-state index contributed by atoms with van der Waals surface area (Å²) >= 11 is 5.97. The first-order chi connectivity index (χ1) is 9.99. The molecule has 1 aliphatic carbocycles. The van der Waals surface area contributed by atoms with Crippen molar-refractivity contribution in [2.24, 2.45) is 0 Å². The highest BCUT2D eigenvalue weighted by Crippen LogP contribution is 2.35. The van der Waals surface area contributed by atoms with Crippen molar-refractivity contribution in [1.82, 2.24) is 14.5 Å². The van der Waals surface area contributed by atoms with Crippen molar-refractivity contribution in [2.75, 3.05) is 0 Å². The summed E-state index contributed by atoms with van der Waals surface area (Å²) in [5.41, 5.74) is 1.23. The summed E-state index contributed by atoms with van der Waals surface area (Å²) in [7, 11) is 0. The largest absolute Gasteiger partial charge is 0.460 e. The van der Waals surface area contributed by atoms with Crippen LogP contribution in [0.2, 0.25) is 5.15 Å². The number of pyridine rings is 1. The van der Waals surface area contributed by atoms with Gasteiger partial charge in [-0.1, -0.05) is 11.6 Å². The fourth-order valence-electron chi connectivity index (χ4n) is 2.77. The Morgan fingerprint density at radius 1 is 1.43 bits per heavy atom. The van der Waals surface area contributed by atoms with E-state index in [1.54, 1.807) is 16.8 Å². The summed E-state index contributed by atoms with van der Waals surface area (Å²) in [5.74, 6) is -0.491. The van der Waals surface area contributed by atoms with Crippen LogP contribution in [0, 0.1) is 0 Å². The molecule has 7 nitrogen and oxygen atoms in total. The Hall–Kier alpha value is -1.70. The van der Waals surface area contributed by atoms with Crippen LogP contribution in [0.3, 0.4) is 0 Å². The summed E-state index contributed by atoms with van der Waals surface area (Å²) in [6.45, 7) is 1.27. The van der Waals surface area contributed by atoms with Crippen LogP contribution in [-0.2, 0) is 9.53 Å². The maximum atomic E-state index is 11.0. The van der Waals surface area contributed by atoms with E-state index in [1.165, 1.54) is 13.3 Å². The van der Waals surface area contributed by atoms with Crippen LogP contribution in [0.1, 0.15) is 19.4 Å². The normalized spacial score (nSPS) is 29.0. The number of ether oxygens (including phenoxy) is 1. The molecule has 2 aromatic rings. The number of imidazole rings is 1. The third kappa shape index (κ3) is 2.37. The average Bonchev–Trinajstić information content (AvgIpc) is 2.96. The smallest absolute Gasteiger partial charge is 0.302 e. The van der Waals surface area contributed by atoms with E-state index in [-0.39, 0.29) is 5.15 Å². The maximum absolute atomic E-state index is 11.0. The predicted molar refractivity (Wildman–Crippen MR) is 73.8 cm³/mol. The maximum Gasteiger partial charge on any atom is 0.302 e. The minimum absolute atomic E-state index is 0.274. The second-order valence-corrected chi connectivity index (χ2v) is 5.41. The van der Waals surface area contributed by atoms with E-state index in [2.05, 4.69) is 9.97 Å². The number of carbonyl (C=O) groups excluding carboxylic acids is 1. The van der Waals surface area contributed by atoms with Gasteiger partial charge in [0, 0.05) is 19.5 Å². The van der Waals surface area contributed by atoms with Crippen molar-refractivity contribution >= 4 is 28.6 Å². The molecule has 1 fully saturated rings. The standard InChI is InChI=1S/C13H14ClN3O4/c1-6(18)21-9-4-8(11(19)12(9)20)17-5-16-10-7(17)2-3-15-13(10)14/h2-3,5,8-9,11-12,19-20H,4H2,1H3/t8-,9+,11+,12-/m1/s1. The molecule has 3 rings (SSSR count). The number of nitrogens with zero attached hydrogens (tertiary/aromatic N) is 3. The van der Waals surface area contributed by atoms with Gasteiger partial charge in [-0.3, -0.25) is 4.79 Å². The van der Waals surface area contributed by atoms with E-state index in [0.717, 1.165) is 0 Å². The van der Waals surface area contributed by atoms with E-state index < -0.39 is 30.3 Å². The number of hydrogen-bond acceptors (Lipinski definition) is 6. The third-order valence-corrected chi connectivity index (χ3v) is 4.00. The predicted octanol–water partition coefficient (Wildman–Crippen LogP) is 0.683. The zero-order valence-corrected chi connectivity index (χ0v) is 11.9. The van der Waals surface area contributed by atoms with Crippen LogP contribution >= 0.6 is 11.6 Å². The van der Waals surface area contributed by atoms with Gasteiger partial charge in [-0.15, -0.1) is 0 Å². The molecule has 4 atom stereocenters. The van der Waals surface area contributed by atoms with Gasteiger partial charge in [0.25, 0.3) is 0 Å². The van der Waals surface area contributed by atoms with Crippen molar-refractivity contribution in [3.8, 4) is 0 Å². The fourth-order valence-corrected chi connectivity index (χ4v) is 2.97. The number of fused-ring (bicyclic) bond motifs is 1. The summed E-state index contributed by atoms with van der Waals surface area (Å²) in [5, 5.41) is 20.5. The highest BCUT2D eigenvalue weighted by atomic mass is 35.5. The lowest BCUT2D eigenvalue weighted by atomic mass is 10.2. The van der Waals surface area contributed by atoms with E-state index in [0.29, 0.717) is 17.5 Å². The van der Waals surface area contributed by atoms with Crippen LogP contribution in [0.15, 0.2) is 18.6 Å². The van der Waals surface area contributed by atoms with Gasteiger partial charge in [-0.25, -0.2) is 9.97 Å². The van der Waals surface area contributed by atoms with Gasteiger partial charge < -0.3 is 19.5 Å². The van der Waals surface area contributed by atoms with Crippen LogP contribution < -0.4 is 0 Å². The van der Waals surface area contributed by atoms with E-state index in [4.69, 9.17) is 16.3 Å². The van der Waals surface area contributed by atoms with Crippen LogP contribution in [0.25, 0.3) is 11.0 Å². The monoisotopic (exact) mass is 311 g/mol. The minimum atomic E-state index is -1.13. The molecule has 21 heavy (non-hydrogen) atoms. The first-order valence-electron chi connectivity index (χ1n) is 6.49. The molecule has 0 aliphatic heterocycles. The van der Waals surface area contributed by atoms with E-state index >= 15 is 0 Å². The lowest BCUT2D eigenvalue weighted by Gasteiger charge is -2.18. The van der Waals surface area contributed by atoms with Crippen molar-refractivity contribution in [1.29, 1.82) is 0 Å². The number of aliphatic hydroxyl groups excluding tert-OH is 2. The topological polar surface area (TPSA) is 97.5 Å². The van der Waals surface area contributed by atoms with Crippen LogP contribution in [-0.4, -0.2) is 49.0 Å². The fraction of sp³-hybridized carbons (Fsp3) is 0.462. The van der Waals surface area contributed by atoms with Gasteiger partial charge >= 0.3 is 5.97 Å². The number of hydrogen-bond donors (Lipinski definition) is 2. The third-order valence-electron chi connectivity index (χ3n) is 3.72. The average molecular weight is 312 g/mol.